The van der Waals surface area contributed by atoms with Crippen molar-refractivity contribution in [3.05, 3.63) is 35.6 Å². The van der Waals surface area contributed by atoms with Gasteiger partial charge in [-0.15, -0.1) is 0 Å². The van der Waals surface area contributed by atoms with E-state index >= 15 is 0 Å². The summed E-state index contributed by atoms with van der Waals surface area (Å²) in [6.45, 7) is 8.11. The maximum Gasteiger partial charge on any atom is 0.127 e. The first-order valence-electron chi connectivity index (χ1n) is 7.68. The van der Waals surface area contributed by atoms with Gasteiger partial charge >= 0.3 is 0 Å². The molecule has 2 aliphatic rings. The number of hydrogen-bond acceptors (Lipinski definition) is 2. The minimum atomic E-state index is -0.0964. The van der Waals surface area contributed by atoms with Crippen LogP contribution in [0.15, 0.2) is 24.3 Å². The number of likely N-dealkylation sites (tertiary alicyclic amines) is 1. The molecule has 0 N–H and O–H groups in total. The van der Waals surface area contributed by atoms with Crippen molar-refractivity contribution in [3.8, 4) is 0 Å². The molecule has 0 bridgehead atoms. The molecule has 0 aliphatic carbocycles. The molecule has 2 aliphatic heterocycles. The summed E-state index contributed by atoms with van der Waals surface area (Å²) in [4.78, 5) is 2.33. The van der Waals surface area contributed by atoms with E-state index in [1.54, 1.807) is 12.1 Å². The fraction of sp³-hybridized carbons (Fsp3) is 0.647. The van der Waals surface area contributed by atoms with Crippen LogP contribution in [0.1, 0.15) is 32.3 Å². The van der Waals surface area contributed by atoms with Crippen LogP contribution in [-0.2, 0) is 11.3 Å². The third-order valence-corrected chi connectivity index (χ3v) is 4.93. The third kappa shape index (κ3) is 2.75. The highest BCUT2D eigenvalue weighted by Crippen LogP contribution is 2.40. The molecule has 2 nitrogen and oxygen atoms in total. The van der Waals surface area contributed by atoms with Crippen molar-refractivity contribution in [3.63, 3.8) is 0 Å². The smallest absolute Gasteiger partial charge is 0.127 e. The van der Waals surface area contributed by atoms with Gasteiger partial charge in [0.2, 0.25) is 0 Å². The molecule has 2 fully saturated rings. The second-order valence-corrected chi connectivity index (χ2v) is 6.75. The lowest BCUT2D eigenvalue weighted by Gasteiger charge is -2.24. The first-order chi connectivity index (χ1) is 9.58. The van der Waals surface area contributed by atoms with Crippen LogP contribution in [0, 0.1) is 17.7 Å². The maximum atomic E-state index is 13.7. The first kappa shape index (κ1) is 14.0. The van der Waals surface area contributed by atoms with Gasteiger partial charge < -0.3 is 4.74 Å². The highest BCUT2D eigenvalue weighted by Gasteiger charge is 2.45. The van der Waals surface area contributed by atoms with Crippen molar-refractivity contribution in [2.24, 2.45) is 11.8 Å². The molecule has 2 atom stereocenters. The van der Waals surface area contributed by atoms with Crippen molar-refractivity contribution >= 4 is 0 Å². The molecule has 3 heteroatoms. The van der Waals surface area contributed by atoms with Crippen molar-refractivity contribution in [1.29, 1.82) is 0 Å². The molecule has 110 valence electrons. The molecule has 20 heavy (non-hydrogen) atoms. The third-order valence-electron chi connectivity index (χ3n) is 4.93. The van der Waals surface area contributed by atoms with Gasteiger partial charge in [0, 0.05) is 25.2 Å². The molecular formula is C17H24FNO. The van der Waals surface area contributed by atoms with Crippen molar-refractivity contribution in [2.45, 2.75) is 38.8 Å². The largest absolute Gasteiger partial charge is 0.373 e. The number of rotatable bonds is 3. The number of ether oxygens (including phenoxy) is 1. The number of halogens is 1. The Kier molecular flexibility index (Phi) is 3.83. The van der Waals surface area contributed by atoms with Gasteiger partial charge in [-0.3, -0.25) is 4.90 Å². The van der Waals surface area contributed by atoms with Gasteiger partial charge in [-0.1, -0.05) is 32.0 Å². The standard InChI is InChI=1S/C17H24FNO/c1-13(2)15-9-17(20-11-15)7-8-19(12-17)10-14-5-3-4-6-16(14)18/h3-6,13,15H,7-12H2,1-2H3. The van der Waals surface area contributed by atoms with Gasteiger partial charge in [0.15, 0.2) is 0 Å². The van der Waals surface area contributed by atoms with Gasteiger partial charge in [-0.05, 0) is 30.7 Å². The van der Waals surface area contributed by atoms with Crippen LogP contribution >= 0.6 is 0 Å². The van der Waals surface area contributed by atoms with Crippen molar-refractivity contribution < 1.29 is 9.13 Å². The van der Waals surface area contributed by atoms with E-state index in [9.17, 15) is 4.39 Å². The van der Waals surface area contributed by atoms with Crippen LogP contribution in [0.2, 0.25) is 0 Å². The SMILES string of the molecule is CC(C)C1COC2(CCN(Cc3ccccc3F)C2)C1. The molecule has 3 rings (SSSR count). The summed E-state index contributed by atoms with van der Waals surface area (Å²) in [6, 6.07) is 7.08. The van der Waals surface area contributed by atoms with Crippen LogP contribution in [0.3, 0.4) is 0 Å². The molecule has 0 aromatic heterocycles. The zero-order valence-electron chi connectivity index (χ0n) is 12.4. The highest BCUT2D eigenvalue weighted by atomic mass is 19.1. The second kappa shape index (κ2) is 5.45. The molecule has 1 aromatic rings. The number of hydrogen-bond donors (Lipinski definition) is 0. The number of nitrogens with zero attached hydrogens (tertiary/aromatic N) is 1. The normalized spacial score (nSPS) is 30.7. The molecule has 2 unspecified atom stereocenters. The Hall–Kier alpha value is -0.930. The summed E-state index contributed by atoms with van der Waals surface area (Å²) >= 11 is 0. The summed E-state index contributed by atoms with van der Waals surface area (Å²) in [5, 5.41) is 0. The zero-order chi connectivity index (χ0) is 14.2. The molecule has 0 amide bonds. The Bertz CT molecular complexity index is 476. The average molecular weight is 277 g/mol. The Balaban J connectivity index is 1.62. The minimum Gasteiger partial charge on any atom is -0.373 e. The molecular weight excluding hydrogens is 253 g/mol. The van der Waals surface area contributed by atoms with Crippen LogP contribution in [0.4, 0.5) is 4.39 Å². The Labute approximate surface area is 120 Å². The van der Waals surface area contributed by atoms with Crippen LogP contribution < -0.4 is 0 Å². The predicted octanol–water partition coefficient (Wildman–Crippen LogP) is 3.46. The summed E-state index contributed by atoms with van der Waals surface area (Å²) in [5.41, 5.74) is 0.836. The Morgan fingerprint density at radius 1 is 1.40 bits per heavy atom. The van der Waals surface area contributed by atoms with Crippen molar-refractivity contribution in [2.75, 3.05) is 19.7 Å². The molecule has 1 aromatic carbocycles. The van der Waals surface area contributed by atoms with Crippen LogP contribution in [0.5, 0.6) is 0 Å². The van der Waals surface area contributed by atoms with Crippen LogP contribution in [-0.4, -0.2) is 30.2 Å². The van der Waals surface area contributed by atoms with E-state index in [0.29, 0.717) is 18.4 Å². The lowest BCUT2D eigenvalue weighted by atomic mass is 9.87. The predicted molar refractivity (Wildman–Crippen MR) is 77.9 cm³/mol. The zero-order valence-corrected chi connectivity index (χ0v) is 12.4. The molecule has 2 heterocycles. The van der Waals surface area contributed by atoms with Gasteiger partial charge in [0.25, 0.3) is 0 Å². The quantitative estimate of drug-likeness (QED) is 0.839. The van der Waals surface area contributed by atoms with Gasteiger partial charge in [0.05, 0.1) is 12.2 Å². The van der Waals surface area contributed by atoms with Gasteiger partial charge in [-0.2, -0.15) is 0 Å². The van der Waals surface area contributed by atoms with Gasteiger partial charge in [-0.25, -0.2) is 4.39 Å². The van der Waals surface area contributed by atoms with E-state index in [0.717, 1.165) is 31.7 Å². The average Bonchev–Trinajstić information content (AvgIpc) is 3.01. The molecule has 2 saturated heterocycles. The topological polar surface area (TPSA) is 12.5 Å². The van der Waals surface area contributed by atoms with E-state index in [4.69, 9.17) is 4.74 Å². The van der Waals surface area contributed by atoms with E-state index in [1.807, 2.05) is 12.1 Å². The summed E-state index contributed by atoms with van der Waals surface area (Å²) in [5.74, 6) is 1.28. The second-order valence-electron chi connectivity index (χ2n) is 6.75. The molecule has 0 radical (unpaired) electrons. The number of benzene rings is 1. The fourth-order valence-corrected chi connectivity index (χ4v) is 3.52. The lowest BCUT2D eigenvalue weighted by molar-refractivity contribution is 0.0105. The lowest BCUT2D eigenvalue weighted by Crippen LogP contribution is -2.32. The van der Waals surface area contributed by atoms with E-state index in [-0.39, 0.29) is 11.4 Å². The Morgan fingerprint density at radius 3 is 2.90 bits per heavy atom. The first-order valence-corrected chi connectivity index (χ1v) is 7.68. The summed E-state index contributed by atoms with van der Waals surface area (Å²) < 4.78 is 19.9. The van der Waals surface area contributed by atoms with Gasteiger partial charge in [0.1, 0.15) is 5.82 Å². The van der Waals surface area contributed by atoms with E-state index in [2.05, 4.69) is 18.7 Å². The molecule has 1 spiro atoms. The monoisotopic (exact) mass is 277 g/mol. The minimum absolute atomic E-state index is 0.0419. The molecule has 0 saturated carbocycles. The van der Waals surface area contributed by atoms with E-state index in [1.165, 1.54) is 6.42 Å². The van der Waals surface area contributed by atoms with Crippen molar-refractivity contribution in [1.82, 2.24) is 4.90 Å². The summed E-state index contributed by atoms with van der Waals surface area (Å²) in [7, 11) is 0. The highest BCUT2D eigenvalue weighted by molar-refractivity contribution is 5.17. The summed E-state index contributed by atoms with van der Waals surface area (Å²) in [6.07, 6.45) is 2.25. The maximum absolute atomic E-state index is 13.7. The van der Waals surface area contributed by atoms with Crippen LogP contribution in [0.25, 0.3) is 0 Å². The fourth-order valence-electron chi connectivity index (χ4n) is 3.52. The van der Waals surface area contributed by atoms with E-state index < -0.39 is 0 Å². The Morgan fingerprint density at radius 2 is 2.20 bits per heavy atom.